The first-order valence-electron chi connectivity index (χ1n) is 8.26. The van der Waals surface area contributed by atoms with Gasteiger partial charge in [0.1, 0.15) is 5.75 Å². The van der Waals surface area contributed by atoms with Gasteiger partial charge in [-0.05, 0) is 30.7 Å². The maximum Gasteiger partial charge on any atom is 0.253 e. The summed E-state index contributed by atoms with van der Waals surface area (Å²) in [4.78, 5) is 25.4. The Balaban J connectivity index is 1.67. The van der Waals surface area contributed by atoms with E-state index >= 15 is 0 Å². The second kappa shape index (κ2) is 7.83. The highest BCUT2D eigenvalue weighted by Crippen LogP contribution is 2.17. The maximum absolute atomic E-state index is 12.7. The second-order valence-electron chi connectivity index (χ2n) is 5.76. The average Bonchev–Trinajstić information content (AvgIpc) is 2.94. The molecule has 7 nitrogen and oxygen atoms in total. The lowest BCUT2D eigenvalue weighted by atomic mass is 10.2. The minimum absolute atomic E-state index is 0.0380. The summed E-state index contributed by atoms with van der Waals surface area (Å²) < 4.78 is 10.3. The summed E-state index contributed by atoms with van der Waals surface area (Å²) in [5.74, 6) is 1.96. The lowest BCUT2D eigenvalue weighted by molar-refractivity contribution is 0.0767. The second-order valence-corrected chi connectivity index (χ2v) is 5.76. The zero-order valence-corrected chi connectivity index (χ0v) is 14.5. The van der Waals surface area contributed by atoms with Crippen molar-refractivity contribution in [3.05, 3.63) is 42.1 Å². The predicted octanol–water partition coefficient (Wildman–Crippen LogP) is 1.85. The third kappa shape index (κ3) is 3.99. The van der Waals surface area contributed by atoms with Gasteiger partial charge in [0.05, 0.1) is 14.2 Å². The topological polar surface area (TPSA) is 67.8 Å². The first-order chi connectivity index (χ1) is 12.2. The van der Waals surface area contributed by atoms with E-state index in [0.29, 0.717) is 37.0 Å². The fourth-order valence-electron chi connectivity index (χ4n) is 2.84. The number of benzene rings is 1. The molecule has 3 rings (SSSR count). The standard InChI is InChI=1S/C18H22N4O3/c1-24-15-6-4-14(5-7-15)17(23)21-10-3-11-22(13-12-21)18-19-9-8-16(20-18)25-2/h4-9H,3,10-13H2,1-2H3. The van der Waals surface area contributed by atoms with E-state index in [2.05, 4.69) is 14.9 Å². The predicted molar refractivity (Wildman–Crippen MR) is 94.3 cm³/mol. The fourth-order valence-corrected chi connectivity index (χ4v) is 2.84. The summed E-state index contributed by atoms with van der Waals surface area (Å²) in [5, 5.41) is 0. The molecule has 0 spiro atoms. The SMILES string of the molecule is COc1ccc(C(=O)N2CCCN(c3nccc(OC)n3)CC2)cc1. The van der Waals surface area contributed by atoms with Gasteiger partial charge in [0.15, 0.2) is 0 Å². The summed E-state index contributed by atoms with van der Waals surface area (Å²) in [6.45, 7) is 2.84. The Morgan fingerprint density at radius 2 is 1.80 bits per heavy atom. The number of anilines is 1. The highest BCUT2D eigenvalue weighted by atomic mass is 16.5. The number of hydrogen-bond acceptors (Lipinski definition) is 6. The number of carbonyl (C=O) groups excluding carboxylic acids is 1. The van der Waals surface area contributed by atoms with Crippen LogP contribution in [0.25, 0.3) is 0 Å². The third-order valence-electron chi connectivity index (χ3n) is 4.23. The molecule has 1 aliphatic rings. The van der Waals surface area contributed by atoms with Crippen LogP contribution < -0.4 is 14.4 Å². The number of nitrogens with zero attached hydrogens (tertiary/aromatic N) is 4. The molecule has 0 unspecified atom stereocenters. The van der Waals surface area contributed by atoms with Gasteiger partial charge in [-0.25, -0.2) is 4.98 Å². The third-order valence-corrected chi connectivity index (χ3v) is 4.23. The minimum Gasteiger partial charge on any atom is -0.497 e. The number of methoxy groups -OCH3 is 2. The Hall–Kier alpha value is -2.83. The monoisotopic (exact) mass is 342 g/mol. The lowest BCUT2D eigenvalue weighted by Crippen LogP contribution is -2.35. The van der Waals surface area contributed by atoms with Crippen LogP contribution in [0, 0.1) is 0 Å². The van der Waals surface area contributed by atoms with Crippen molar-refractivity contribution in [1.29, 1.82) is 0 Å². The minimum atomic E-state index is 0.0380. The molecule has 0 saturated carbocycles. The van der Waals surface area contributed by atoms with Crippen molar-refractivity contribution in [3.8, 4) is 11.6 Å². The first-order valence-corrected chi connectivity index (χ1v) is 8.26. The van der Waals surface area contributed by atoms with E-state index in [-0.39, 0.29) is 5.91 Å². The van der Waals surface area contributed by atoms with E-state index in [9.17, 15) is 4.79 Å². The van der Waals surface area contributed by atoms with E-state index in [4.69, 9.17) is 9.47 Å². The molecular formula is C18H22N4O3. The summed E-state index contributed by atoms with van der Waals surface area (Å²) in [5.41, 5.74) is 0.673. The van der Waals surface area contributed by atoms with Crippen LogP contribution in [0.3, 0.4) is 0 Å². The van der Waals surface area contributed by atoms with Gasteiger partial charge >= 0.3 is 0 Å². The molecule has 0 radical (unpaired) electrons. The molecule has 25 heavy (non-hydrogen) atoms. The number of rotatable bonds is 4. The maximum atomic E-state index is 12.7. The summed E-state index contributed by atoms with van der Waals surface area (Å²) in [7, 11) is 3.20. The van der Waals surface area contributed by atoms with Crippen LogP contribution >= 0.6 is 0 Å². The van der Waals surface area contributed by atoms with Crippen molar-refractivity contribution in [2.24, 2.45) is 0 Å². The summed E-state index contributed by atoms with van der Waals surface area (Å²) in [6.07, 6.45) is 2.55. The van der Waals surface area contributed by atoms with Gasteiger partial charge < -0.3 is 19.3 Å². The van der Waals surface area contributed by atoms with Crippen LogP contribution in [-0.2, 0) is 0 Å². The van der Waals surface area contributed by atoms with Gasteiger partial charge in [-0.3, -0.25) is 4.79 Å². The zero-order valence-electron chi connectivity index (χ0n) is 14.5. The molecule has 2 heterocycles. The van der Waals surface area contributed by atoms with E-state index < -0.39 is 0 Å². The van der Waals surface area contributed by atoms with Crippen LogP contribution in [0.2, 0.25) is 0 Å². The molecule has 2 aromatic rings. The lowest BCUT2D eigenvalue weighted by Gasteiger charge is -2.22. The van der Waals surface area contributed by atoms with Crippen LogP contribution in [0.15, 0.2) is 36.5 Å². The Morgan fingerprint density at radius 1 is 1.00 bits per heavy atom. The molecule has 0 atom stereocenters. The van der Waals surface area contributed by atoms with Crippen molar-refractivity contribution in [2.45, 2.75) is 6.42 Å². The van der Waals surface area contributed by atoms with Gasteiger partial charge in [-0.15, -0.1) is 0 Å². The van der Waals surface area contributed by atoms with E-state index in [1.54, 1.807) is 50.7 Å². The molecule has 1 aromatic carbocycles. The molecule has 1 aliphatic heterocycles. The Labute approximate surface area is 147 Å². The molecule has 1 aromatic heterocycles. The van der Waals surface area contributed by atoms with Crippen LogP contribution in [0.4, 0.5) is 5.95 Å². The van der Waals surface area contributed by atoms with Crippen molar-refractivity contribution < 1.29 is 14.3 Å². The Kier molecular flexibility index (Phi) is 5.33. The average molecular weight is 342 g/mol. The van der Waals surface area contributed by atoms with E-state index in [1.165, 1.54) is 0 Å². The van der Waals surface area contributed by atoms with Crippen LogP contribution in [-0.4, -0.2) is 61.2 Å². The van der Waals surface area contributed by atoms with Gasteiger partial charge in [-0.1, -0.05) is 0 Å². The molecule has 7 heteroatoms. The number of hydrogen-bond donors (Lipinski definition) is 0. The molecule has 0 bridgehead atoms. The smallest absolute Gasteiger partial charge is 0.253 e. The Morgan fingerprint density at radius 3 is 2.52 bits per heavy atom. The zero-order chi connectivity index (χ0) is 17.6. The van der Waals surface area contributed by atoms with Crippen molar-refractivity contribution in [1.82, 2.24) is 14.9 Å². The van der Waals surface area contributed by atoms with Crippen LogP contribution in [0.1, 0.15) is 16.8 Å². The van der Waals surface area contributed by atoms with Crippen molar-refractivity contribution in [2.75, 3.05) is 45.3 Å². The van der Waals surface area contributed by atoms with Gasteiger partial charge in [0, 0.05) is 44.0 Å². The van der Waals surface area contributed by atoms with Crippen LogP contribution in [0.5, 0.6) is 11.6 Å². The molecule has 1 amide bonds. The van der Waals surface area contributed by atoms with Gasteiger partial charge in [0.25, 0.3) is 5.91 Å². The van der Waals surface area contributed by atoms with Crippen molar-refractivity contribution >= 4 is 11.9 Å². The number of amides is 1. The van der Waals surface area contributed by atoms with E-state index in [0.717, 1.165) is 18.7 Å². The van der Waals surface area contributed by atoms with Gasteiger partial charge in [0.2, 0.25) is 11.8 Å². The number of carbonyl (C=O) groups is 1. The number of aromatic nitrogens is 2. The van der Waals surface area contributed by atoms with Gasteiger partial charge in [-0.2, -0.15) is 4.98 Å². The van der Waals surface area contributed by atoms with E-state index in [1.807, 2.05) is 4.90 Å². The first kappa shape index (κ1) is 17.0. The summed E-state index contributed by atoms with van der Waals surface area (Å²) >= 11 is 0. The Bertz CT molecular complexity index is 721. The molecular weight excluding hydrogens is 320 g/mol. The largest absolute Gasteiger partial charge is 0.497 e. The quantitative estimate of drug-likeness (QED) is 0.845. The summed E-state index contributed by atoms with van der Waals surface area (Å²) in [6, 6.07) is 8.94. The van der Waals surface area contributed by atoms with Crippen molar-refractivity contribution in [3.63, 3.8) is 0 Å². The molecule has 0 aliphatic carbocycles. The number of ether oxygens (including phenoxy) is 2. The molecule has 0 N–H and O–H groups in total. The highest BCUT2D eigenvalue weighted by molar-refractivity contribution is 5.94. The molecule has 1 saturated heterocycles. The molecule has 1 fully saturated rings. The normalized spacial score (nSPS) is 14.8. The molecule has 132 valence electrons. The highest BCUT2D eigenvalue weighted by Gasteiger charge is 2.21. The fraction of sp³-hybridized carbons (Fsp3) is 0.389.